The molecule has 0 fully saturated rings. The molecule has 1 aromatic rings. The van der Waals surface area contributed by atoms with Crippen LogP contribution >= 0.6 is 0 Å². The predicted molar refractivity (Wildman–Crippen MR) is 90.5 cm³/mol. The summed E-state index contributed by atoms with van der Waals surface area (Å²) in [5, 5.41) is 2.77. The third-order valence-electron chi connectivity index (χ3n) is 3.37. The molecule has 5 heteroatoms. The first-order chi connectivity index (χ1) is 10.6. The summed E-state index contributed by atoms with van der Waals surface area (Å²) in [6.45, 7) is 5.71. The van der Waals surface area contributed by atoms with Gasteiger partial charge in [0.25, 0.3) is 0 Å². The summed E-state index contributed by atoms with van der Waals surface area (Å²) in [5.74, 6) is 0.0268. The fourth-order valence-electron chi connectivity index (χ4n) is 2.28. The zero-order chi connectivity index (χ0) is 16.4. The van der Waals surface area contributed by atoms with E-state index in [1.54, 1.807) is 12.1 Å². The smallest absolute Gasteiger partial charge is 0.224 e. The molecule has 0 aliphatic heterocycles. The molecule has 5 nitrogen and oxygen atoms in total. The molecule has 2 amide bonds. The molecule has 0 atom stereocenters. The first-order valence-electron chi connectivity index (χ1n) is 8.00. The third kappa shape index (κ3) is 6.16. The minimum Gasteiger partial charge on any atom is -0.397 e. The van der Waals surface area contributed by atoms with Gasteiger partial charge in [-0.1, -0.05) is 26.0 Å². The molecule has 3 N–H and O–H groups in total. The van der Waals surface area contributed by atoms with E-state index in [0.717, 1.165) is 25.9 Å². The highest BCUT2D eigenvalue weighted by molar-refractivity contribution is 5.93. The minimum absolute atomic E-state index is 0.108. The molecule has 122 valence electrons. The van der Waals surface area contributed by atoms with Gasteiger partial charge in [0.2, 0.25) is 11.8 Å². The number of nitrogens with zero attached hydrogens (tertiary/aromatic N) is 1. The molecule has 0 radical (unpaired) electrons. The van der Waals surface area contributed by atoms with Gasteiger partial charge in [-0.05, 0) is 31.4 Å². The maximum atomic E-state index is 12.1. The standard InChI is InChI=1S/C17H27N3O2/c1-3-12-20(13-4-2)17(22)11-7-10-16(21)19-15-9-6-5-8-14(15)18/h5-6,8-9H,3-4,7,10-13,18H2,1-2H3,(H,19,21). The SMILES string of the molecule is CCCN(CCC)C(=O)CCCC(=O)Nc1ccccc1N. The molecule has 22 heavy (non-hydrogen) atoms. The number of rotatable bonds is 9. The van der Waals surface area contributed by atoms with Gasteiger partial charge in [0.05, 0.1) is 11.4 Å². The number of carbonyl (C=O) groups is 2. The van der Waals surface area contributed by atoms with Crippen LogP contribution < -0.4 is 11.1 Å². The Hall–Kier alpha value is -2.04. The maximum Gasteiger partial charge on any atom is 0.224 e. The monoisotopic (exact) mass is 305 g/mol. The van der Waals surface area contributed by atoms with Crippen LogP contribution in [0.25, 0.3) is 0 Å². The third-order valence-corrected chi connectivity index (χ3v) is 3.37. The van der Waals surface area contributed by atoms with Crippen LogP contribution in [0.1, 0.15) is 46.0 Å². The quantitative estimate of drug-likeness (QED) is 0.689. The molecule has 0 spiro atoms. The van der Waals surface area contributed by atoms with Gasteiger partial charge >= 0.3 is 0 Å². The Morgan fingerprint density at radius 2 is 1.73 bits per heavy atom. The largest absolute Gasteiger partial charge is 0.397 e. The van der Waals surface area contributed by atoms with Gasteiger partial charge < -0.3 is 16.0 Å². The normalized spacial score (nSPS) is 10.3. The average Bonchev–Trinajstić information content (AvgIpc) is 2.49. The lowest BCUT2D eigenvalue weighted by atomic mass is 10.2. The van der Waals surface area contributed by atoms with Crippen molar-refractivity contribution in [3.05, 3.63) is 24.3 Å². The topological polar surface area (TPSA) is 75.4 Å². The highest BCUT2D eigenvalue weighted by Crippen LogP contribution is 2.17. The van der Waals surface area contributed by atoms with Gasteiger partial charge in [0, 0.05) is 25.9 Å². The van der Waals surface area contributed by atoms with Crippen molar-refractivity contribution in [2.24, 2.45) is 0 Å². The lowest BCUT2D eigenvalue weighted by Gasteiger charge is -2.21. The molecule has 0 aliphatic carbocycles. The van der Waals surface area contributed by atoms with Gasteiger partial charge in [-0.2, -0.15) is 0 Å². The van der Waals surface area contributed by atoms with Crippen LogP contribution in [-0.2, 0) is 9.59 Å². The number of nitrogens with one attached hydrogen (secondary N) is 1. The Morgan fingerprint density at radius 1 is 1.09 bits per heavy atom. The fourth-order valence-corrected chi connectivity index (χ4v) is 2.28. The number of carbonyl (C=O) groups excluding carboxylic acids is 2. The number of anilines is 2. The number of hydrogen-bond donors (Lipinski definition) is 2. The van der Waals surface area contributed by atoms with Crippen LogP contribution in [0.3, 0.4) is 0 Å². The lowest BCUT2D eigenvalue weighted by Crippen LogP contribution is -2.32. The number of nitrogen functional groups attached to an aromatic ring is 1. The van der Waals surface area contributed by atoms with E-state index >= 15 is 0 Å². The van der Waals surface area contributed by atoms with Crippen LogP contribution in [-0.4, -0.2) is 29.8 Å². The number of amides is 2. The van der Waals surface area contributed by atoms with Gasteiger partial charge in [-0.3, -0.25) is 9.59 Å². The predicted octanol–water partition coefficient (Wildman–Crippen LogP) is 3.03. The highest BCUT2D eigenvalue weighted by atomic mass is 16.2. The van der Waals surface area contributed by atoms with Crippen molar-refractivity contribution in [2.75, 3.05) is 24.1 Å². The Morgan fingerprint density at radius 3 is 2.32 bits per heavy atom. The Labute approximate surface area is 132 Å². The molecule has 0 saturated heterocycles. The second kappa shape index (κ2) is 9.82. The van der Waals surface area contributed by atoms with Crippen LogP contribution in [0, 0.1) is 0 Å². The van der Waals surface area contributed by atoms with Gasteiger partial charge in [-0.15, -0.1) is 0 Å². The zero-order valence-electron chi connectivity index (χ0n) is 13.6. The summed E-state index contributed by atoms with van der Waals surface area (Å²) < 4.78 is 0. The second-order valence-electron chi connectivity index (χ2n) is 5.37. The number of hydrogen-bond acceptors (Lipinski definition) is 3. The summed E-state index contributed by atoms with van der Waals surface area (Å²) in [7, 11) is 0. The molecule has 0 aliphatic rings. The molecule has 0 saturated carbocycles. The van der Waals surface area contributed by atoms with Crippen LogP contribution in [0.2, 0.25) is 0 Å². The van der Waals surface area contributed by atoms with Crippen LogP contribution in [0.5, 0.6) is 0 Å². The molecule has 0 bridgehead atoms. The summed E-state index contributed by atoms with van der Waals surface area (Å²) in [6.07, 6.45) is 3.21. The fraction of sp³-hybridized carbons (Fsp3) is 0.529. The van der Waals surface area contributed by atoms with Crippen molar-refractivity contribution in [3.8, 4) is 0 Å². The number of benzene rings is 1. The van der Waals surface area contributed by atoms with Crippen molar-refractivity contribution in [2.45, 2.75) is 46.0 Å². The van der Waals surface area contributed by atoms with Crippen molar-refractivity contribution < 1.29 is 9.59 Å². The Kier molecular flexibility index (Phi) is 8.04. The summed E-state index contributed by atoms with van der Waals surface area (Å²) >= 11 is 0. The highest BCUT2D eigenvalue weighted by Gasteiger charge is 2.12. The maximum absolute atomic E-state index is 12.1. The molecular weight excluding hydrogens is 278 g/mol. The zero-order valence-corrected chi connectivity index (χ0v) is 13.6. The van der Waals surface area contributed by atoms with Crippen molar-refractivity contribution in [1.29, 1.82) is 0 Å². The van der Waals surface area contributed by atoms with E-state index in [2.05, 4.69) is 19.2 Å². The number of para-hydroxylation sites is 2. The van der Waals surface area contributed by atoms with E-state index in [0.29, 0.717) is 30.6 Å². The molecular formula is C17H27N3O2. The molecule has 0 aromatic heterocycles. The van der Waals surface area contributed by atoms with Gasteiger partial charge in [-0.25, -0.2) is 0 Å². The van der Waals surface area contributed by atoms with Crippen molar-refractivity contribution in [3.63, 3.8) is 0 Å². The molecule has 1 aromatic carbocycles. The summed E-state index contributed by atoms with van der Waals surface area (Å²) in [5.41, 5.74) is 6.94. The van der Waals surface area contributed by atoms with Gasteiger partial charge in [0.1, 0.15) is 0 Å². The van der Waals surface area contributed by atoms with E-state index in [-0.39, 0.29) is 11.8 Å². The van der Waals surface area contributed by atoms with Crippen molar-refractivity contribution >= 4 is 23.2 Å². The van der Waals surface area contributed by atoms with Crippen LogP contribution in [0.4, 0.5) is 11.4 Å². The van der Waals surface area contributed by atoms with Crippen molar-refractivity contribution in [1.82, 2.24) is 4.90 Å². The minimum atomic E-state index is -0.108. The first kappa shape index (κ1) is 18.0. The Bertz CT molecular complexity index is 483. The molecule has 0 unspecified atom stereocenters. The van der Waals surface area contributed by atoms with E-state index in [1.165, 1.54) is 0 Å². The van der Waals surface area contributed by atoms with Crippen LogP contribution in [0.15, 0.2) is 24.3 Å². The van der Waals surface area contributed by atoms with Gasteiger partial charge in [0.15, 0.2) is 0 Å². The molecule has 0 heterocycles. The Balaban J connectivity index is 2.35. The second-order valence-corrected chi connectivity index (χ2v) is 5.37. The van der Waals surface area contributed by atoms with E-state index < -0.39 is 0 Å². The number of nitrogens with two attached hydrogens (primary N) is 1. The average molecular weight is 305 g/mol. The van der Waals surface area contributed by atoms with E-state index in [4.69, 9.17) is 5.73 Å². The molecule has 1 rings (SSSR count). The summed E-state index contributed by atoms with van der Waals surface area (Å²) in [4.78, 5) is 25.8. The first-order valence-corrected chi connectivity index (χ1v) is 8.00. The summed E-state index contributed by atoms with van der Waals surface area (Å²) in [6, 6.07) is 7.15. The van der Waals surface area contributed by atoms with E-state index in [9.17, 15) is 9.59 Å². The van der Waals surface area contributed by atoms with E-state index in [1.807, 2.05) is 17.0 Å². The lowest BCUT2D eigenvalue weighted by molar-refractivity contribution is -0.131.